The Morgan fingerprint density at radius 2 is 2.21 bits per heavy atom. The van der Waals surface area contributed by atoms with Gasteiger partial charge in [-0.05, 0) is 36.4 Å². The first-order chi connectivity index (χ1) is 6.52. The van der Waals surface area contributed by atoms with E-state index in [2.05, 4.69) is 36.5 Å². The lowest BCUT2D eigenvalue weighted by atomic mass is 10.1. The number of imidazole rings is 1. The number of H-pyrrole nitrogens is 1. The predicted molar refractivity (Wildman–Crippen MR) is 61.0 cm³/mol. The van der Waals surface area contributed by atoms with Gasteiger partial charge in [0.05, 0.1) is 0 Å². The molecule has 1 saturated carbocycles. The Bertz CT molecular complexity index is 382. The molecule has 1 fully saturated rings. The molecular weight excluding hydrogens is 192 g/mol. The third-order valence-electron chi connectivity index (χ3n) is 3.14. The number of aromatic amines is 1. The van der Waals surface area contributed by atoms with Crippen LogP contribution in [0, 0.1) is 10.2 Å². The number of rotatable bonds is 3. The number of nitrogens with one attached hydrogen (secondary N) is 1. The fourth-order valence-electron chi connectivity index (χ4n) is 1.80. The first kappa shape index (κ1) is 9.97. The average molecular weight is 210 g/mol. The molecule has 14 heavy (non-hydrogen) atoms. The van der Waals surface area contributed by atoms with Gasteiger partial charge in [-0.2, -0.15) is 0 Å². The van der Waals surface area contributed by atoms with Gasteiger partial charge in [-0.3, -0.25) is 0 Å². The second kappa shape index (κ2) is 3.23. The predicted octanol–water partition coefficient (Wildman–Crippen LogP) is 3.47. The maximum Gasteiger partial charge on any atom is 0.177 e. The molecule has 1 aliphatic carbocycles. The Hall–Kier alpha value is -0.570. The van der Waals surface area contributed by atoms with Crippen LogP contribution >= 0.6 is 12.2 Å². The van der Waals surface area contributed by atoms with E-state index >= 15 is 0 Å². The van der Waals surface area contributed by atoms with Crippen molar-refractivity contribution in [3.8, 4) is 0 Å². The minimum absolute atomic E-state index is 0.518. The molecule has 2 nitrogen and oxygen atoms in total. The molecule has 0 aromatic carbocycles. The summed E-state index contributed by atoms with van der Waals surface area (Å²) < 4.78 is 3.15. The molecular formula is C11H18N2S. The van der Waals surface area contributed by atoms with Gasteiger partial charge >= 0.3 is 0 Å². The summed E-state index contributed by atoms with van der Waals surface area (Å²) in [5.41, 5.74) is 1.85. The Balaban J connectivity index is 2.30. The Kier molecular flexibility index (Phi) is 2.30. The van der Waals surface area contributed by atoms with E-state index in [1.807, 2.05) is 0 Å². The molecule has 0 bridgehead atoms. The monoisotopic (exact) mass is 210 g/mol. The van der Waals surface area contributed by atoms with Crippen molar-refractivity contribution in [3.05, 3.63) is 16.7 Å². The van der Waals surface area contributed by atoms with Gasteiger partial charge in [0.15, 0.2) is 4.77 Å². The van der Waals surface area contributed by atoms with Crippen LogP contribution in [-0.4, -0.2) is 9.55 Å². The summed E-state index contributed by atoms with van der Waals surface area (Å²) in [6.45, 7) is 7.85. The van der Waals surface area contributed by atoms with Gasteiger partial charge in [-0.25, -0.2) is 0 Å². The van der Waals surface area contributed by atoms with Crippen LogP contribution in [0.2, 0.25) is 0 Å². The molecule has 2 rings (SSSR count). The van der Waals surface area contributed by atoms with Crippen molar-refractivity contribution in [3.63, 3.8) is 0 Å². The highest BCUT2D eigenvalue weighted by molar-refractivity contribution is 7.71. The third kappa shape index (κ3) is 1.78. The Labute approximate surface area is 90.3 Å². The summed E-state index contributed by atoms with van der Waals surface area (Å²) >= 11 is 5.30. The summed E-state index contributed by atoms with van der Waals surface area (Å²) in [5.74, 6) is 0.547. The quantitative estimate of drug-likeness (QED) is 0.758. The smallest absolute Gasteiger partial charge is 0.177 e. The van der Waals surface area contributed by atoms with Crippen molar-refractivity contribution < 1.29 is 0 Å². The molecule has 0 atom stereocenters. The minimum Gasteiger partial charge on any atom is -0.337 e. The lowest BCUT2D eigenvalue weighted by Crippen LogP contribution is -2.11. The van der Waals surface area contributed by atoms with Crippen LogP contribution in [0.3, 0.4) is 0 Å². The van der Waals surface area contributed by atoms with Crippen LogP contribution in [0.15, 0.2) is 6.20 Å². The molecule has 1 aromatic rings. The molecule has 0 radical (unpaired) electrons. The molecule has 3 heteroatoms. The van der Waals surface area contributed by atoms with E-state index in [-0.39, 0.29) is 0 Å². The van der Waals surface area contributed by atoms with Gasteiger partial charge in [-0.15, -0.1) is 0 Å². The molecule has 1 aliphatic rings. The molecule has 0 amide bonds. The summed E-state index contributed by atoms with van der Waals surface area (Å²) in [6.07, 6.45) is 4.74. The zero-order valence-corrected chi connectivity index (χ0v) is 9.95. The van der Waals surface area contributed by atoms with E-state index in [0.717, 1.165) is 11.3 Å². The summed E-state index contributed by atoms with van der Waals surface area (Å²) in [6, 6.07) is 0. The summed E-state index contributed by atoms with van der Waals surface area (Å²) in [4.78, 5) is 3.15. The van der Waals surface area contributed by atoms with Gasteiger partial charge in [0, 0.05) is 18.4 Å². The molecule has 1 aromatic heterocycles. The largest absolute Gasteiger partial charge is 0.337 e. The number of aromatic nitrogens is 2. The minimum atomic E-state index is 0.518. The fraction of sp³-hybridized carbons (Fsp3) is 0.727. The molecule has 0 aliphatic heterocycles. The number of nitrogens with zero attached hydrogens (tertiary/aromatic N) is 1. The van der Waals surface area contributed by atoms with Crippen LogP contribution in [0.5, 0.6) is 0 Å². The molecule has 0 saturated heterocycles. The van der Waals surface area contributed by atoms with Gasteiger partial charge in [-0.1, -0.05) is 20.8 Å². The first-order valence-corrected chi connectivity index (χ1v) is 5.71. The highest BCUT2D eigenvalue weighted by Crippen LogP contribution is 2.46. The van der Waals surface area contributed by atoms with E-state index in [9.17, 15) is 0 Å². The van der Waals surface area contributed by atoms with Crippen molar-refractivity contribution in [2.45, 2.75) is 46.1 Å². The number of hydrogen-bond acceptors (Lipinski definition) is 1. The molecule has 1 heterocycles. The van der Waals surface area contributed by atoms with Crippen molar-refractivity contribution >= 4 is 12.2 Å². The lowest BCUT2D eigenvalue weighted by Gasteiger charge is -2.14. The van der Waals surface area contributed by atoms with Crippen LogP contribution in [0.25, 0.3) is 0 Å². The number of hydrogen-bond donors (Lipinski definition) is 1. The van der Waals surface area contributed by atoms with Crippen molar-refractivity contribution in [2.75, 3.05) is 0 Å². The first-order valence-electron chi connectivity index (χ1n) is 5.30. The topological polar surface area (TPSA) is 20.7 Å². The SMILES string of the molecule is CC(C)c1c[nH]c(=S)n1CC1(C)CC1. The van der Waals surface area contributed by atoms with E-state index in [0.29, 0.717) is 11.3 Å². The van der Waals surface area contributed by atoms with Gasteiger partial charge in [0.25, 0.3) is 0 Å². The highest BCUT2D eigenvalue weighted by Gasteiger charge is 2.38. The van der Waals surface area contributed by atoms with E-state index in [1.54, 1.807) is 0 Å². The van der Waals surface area contributed by atoms with E-state index in [4.69, 9.17) is 12.2 Å². The Morgan fingerprint density at radius 3 is 2.71 bits per heavy atom. The maximum absolute atomic E-state index is 5.30. The average Bonchev–Trinajstić information content (AvgIpc) is 2.70. The highest BCUT2D eigenvalue weighted by atomic mass is 32.1. The fourth-order valence-corrected chi connectivity index (χ4v) is 2.03. The normalized spacial score (nSPS) is 18.9. The van der Waals surface area contributed by atoms with Crippen molar-refractivity contribution in [1.82, 2.24) is 9.55 Å². The van der Waals surface area contributed by atoms with Gasteiger partial charge in [0.1, 0.15) is 0 Å². The molecule has 0 spiro atoms. The Morgan fingerprint density at radius 1 is 1.57 bits per heavy atom. The standard InChI is InChI=1S/C11H18N2S/c1-8(2)9-6-12-10(14)13(9)7-11(3)4-5-11/h6,8H,4-5,7H2,1-3H3,(H,12,14). The second-order valence-electron chi connectivity index (χ2n) is 5.07. The van der Waals surface area contributed by atoms with Gasteiger partial charge in [0.2, 0.25) is 0 Å². The zero-order chi connectivity index (χ0) is 10.3. The molecule has 0 unspecified atom stereocenters. The van der Waals surface area contributed by atoms with Gasteiger partial charge < -0.3 is 9.55 Å². The maximum atomic E-state index is 5.30. The molecule has 78 valence electrons. The van der Waals surface area contributed by atoms with Crippen LogP contribution in [0.1, 0.15) is 45.2 Å². The summed E-state index contributed by atoms with van der Waals surface area (Å²) in [5, 5.41) is 0. The van der Waals surface area contributed by atoms with Crippen LogP contribution in [-0.2, 0) is 6.54 Å². The van der Waals surface area contributed by atoms with Crippen molar-refractivity contribution in [1.29, 1.82) is 0 Å². The lowest BCUT2D eigenvalue weighted by molar-refractivity contribution is 0.446. The molecule has 1 N–H and O–H groups in total. The van der Waals surface area contributed by atoms with Crippen LogP contribution < -0.4 is 0 Å². The third-order valence-corrected chi connectivity index (χ3v) is 3.47. The zero-order valence-electron chi connectivity index (χ0n) is 9.13. The van der Waals surface area contributed by atoms with E-state index in [1.165, 1.54) is 18.5 Å². The van der Waals surface area contributed by atoms with Crippen molar-refractivity contribution in [2.24, 2.45) is 5.41 Å². The van der Waals surface area contributed by atoms with E-state index < -0.39 is 0 Å². The van der Waals surface area contributed by atoms with Crippen LogP contribution in [0.4, 0.5) is 0 Å². The summed E-state index contributed by atoms with van der Waals surface area (Å²) in [7, 11) is 0. The second-order valence-corrected chi connectivity index (χ2v) is 5.46.